The van der Waals surface area contributed by atoms with Crippen molar-refractivity contribution in [3.8, 4) is 5.75 Å². The van der Waals surface area contributed by atoms with Gasteiger partial charge in [0.05, 0.1) is 15.8 Å². The maximum Gasteiger partial charge on any atom is 0.416 e. The molecule has 0 bridgehead atoms. The van der Waals surface area contributed by atoms with Gasteiger partial charge in [-0.25, -0.2) is 9.78 Å². The smallest absolute Gasteiger partial charge is 0.416 e. The summed E-state index contributed by atoms with van der Waals surface area (Å²) in [4.78, 5) is 19.9. The molecule has 1 aliphatic heterocycles. The van der Waals surface area contributed by atoms with Gasteiger partial charge in [-0.2, -0.15) is 13.2 Å². The number of ether oxygens (including phenoxy) is 1. The molecule has 0 spiro atoms. The number of hydrogen-bond acceptors (Lipinski definition) is 6. The Labute approximate surface area is 199 Å². The lowest BCUT2D eigenvalue weighted by atomic mass is 10.0. The molecule has 0 saturated carbocycles. The van der Waals surface area contributed by atoms with Crippen LogP contribution in [0.1, 0.15) is 30.5 Å². The molecular formula is C24H26F3N3O3S. The molecule has 0 amide bonds. The first kappa shape index (κ1) is 24.3. The first-order valence-electron chi connectivity index (χ1n) is 10.9. The van der Waals surface area contributed by atoms with Crippen LogP contribution in [0.5, 0.6) is 5.75 Å². The van der Waals surface area contributed by atoms with Gasteiger partial charge in [-0.3, -0.25) is 4.90 Å². The summed E-state index contributed by atoms with van der Waals surface area (Å²) in [5.74, 6) is -0.491. The molecule has 1 aromatic heterocycles. The third-order valence-corrected chi connectivity index (χ3v) is 6.99. The Kier molecular flexibility index (Phi) is 6.73. The molecule has 2 aromatic carbocycles. The largest absolute Gasteiger partial charge is 0.482 e. The highest BCUT2D eigenvalue weighted by Crippen LogP contribution is 2.36. The van der Waals surface area contributed by atoms with Crippen LogP contribution in [0.15, 0.2) is 36.4 Å². The fourth-order valence-corrected chi connectivity index (χ4v) is 5.43. The quantitative estimate of drug-likeness (QED) is 0.510. The third kappa shape index (κ3) is 5.44. The van der Waals surface area contributed by atoms with E-state index < -0.39 is 17.7 Å². The van der Waals surface area contributed by atoms with Crippen LogP contribution < -0.4 is 9.64 Å². The van der Waals surface area contributed by atoms with E-state index in [0.29, 0.717) is 35.6 Å². The van der Waals surface area contributed by atoms with E-state index in [9.17, 15) is 18.0 Å². The Hall–Kier alpha value is -2.85. The first-order chi connectivity index (χ1) is 16.0. The van der Waals surface area contributed by atoms with Gasteiger partial charge in [0.25, 0.3) is 0 Å². The fourth-order valence-electron chi connectivity index (χ4n) is 4.40. The molecule has 1 N–H and O–H groups in total. The van der Waals surface area contributed by atoms with E-state index in [1.807, 2.05) is 19.1 Å². The van der Waals surface area contributed by atoms with Crippen molar-refractivity contribution in [2.45, 2.75) is 45.6 Å². The average Bonchev–Trinajstić information content (AvgIpc) is 3.17. The predicted octanol–water partition coefficient (Wildman–Crippen LogP) is 5.19. The molecular weight excluding hydrogens is 467 g/mol. The normalized spacial score (nSPS) is 19.5. The van der Waals surface area contributed by atoms with E-state index >= 15 is 0 Å². The van der Waals surface area contributed by atoms with Crippen LogP contribution in [0.25, 0.3) is 10.2 Å². The zero-order chi connectivity index (χ0) is 24.6. The number of fused-ring (bicyclic) bond motifs is 1. The molecule has 1 fully saturated rings. The van der Waals surface area contributed by atoms with E-state index in [1.165, 1.54) is 23.5 Å². The molecule has 2 unspecified atom stereocenters. The van der Waals surface area contributed by atoms with Gasteiger partial charge in [-0.15, -0.1) is 0 Å². The first-order valence-corrected chi connectivity index (χ1v) is 11.7. The molecule has 34 heavy (non-hydrogen) atoms. The van der Waals surface area contributed by atoms with Crippen LogP contribution >= 0.6 is 11.3 Å². The van der Waals surface area contributed by atoms with E-state index in [4.69, 9.17) is 9.84 Å². The summed E-state index contributed by atoms with van der Waals surface area (Å²) < 4.78 is 45.1. The Morgan fingerprint density at radius 2 is 1.88 bits per heavy atom. The van der Waals surface area contributed by atoms with Crippen molar-refractivity contribution in [2.24, 2.45) is 0 Å². The Bertz CT molecular complexity index is 1190. The Morgan fingerprint density at radius 1 is 1.18 bits per heavy atom. The zero-order valence-electron chi connectivity index (χ0n) is 19.1. The van der Waals surface area contributed by atoms with Crippen molar-refractivity contribution in [1.82, 2.24) is 9.88 Å². The highest BCUT2D eigenvalue weighted by atomic mass is 32.1. The maximum absolute atomic E-state index is 13.1. The number of nitrogens with zero attached hydrogens (tertiary/aromatic N) is 3. The minimum absolute atomic E-state index is 0.172. The molecule has 1 saturated heterocycles. The number of hydrogen-bond donors (Lipinski definition) is 1. The van der Waals surface area contributed by atoms with Crippen molar-refractivity contribution in [1.29, 1.82) is 0 Å². The minimum atomic E-state index is -4.37. The maximum atomic E-state index is 13.1. The number of carboxylic acids is 1. The van der Waals surface area contributed by atoms with E-state index in [-0.39, 0.29) is 18.7 Å². The van der Waals surface area contributed by atoms with Gasteiger partial charge < -0.3 is 14.7 Å². The van der Waals surface area contributed by atoms with Gasteiger partial charge >= 0.3 is 12.1 Å². The second kappa shape index (κ2) is 9.42. The SMILES string of the molecule is Cc1cc(CN2C(C)CN(c3nc4ccc(C(F)(F)F)cc4s3)CC2C)cc(OCC(=O)O)c1. The number of carbonyl (C=O) groups is 1. The summed E-state index contributed by atoms with van der Waals surface area (Å²) in [7, 11) is 0. The Balaban J connectivity index is 1.48. The van der Waals surface area contributed by atoms with Crippen LogP contribution in [-0.4, -0.2) is 52.7 Å². The molecule has 0 aliphatic carbocycles. The lowest BCUT2D eigenvalue weighted by Gasteiger charge is -2.44. The van der Waals surface area contributed by atoms with E-state index in [1.54, 1.807) is 0 Å². The number of anilines is 1. The van der Waals surface area contributed by atoms with Crippen molar-refractivity contribution in [3.05, 3.63) is 53.1 Å². The van der Waals surface area contributed by atoms with Crippen molar-refractivity contribution < 1.29 is 27.8 Å². The van der Waals surface area contributed by atoms with Crippen LogP contribution in [0.3, 0.4) is 0 Å². The molecule has 3 aromatic rings. The summed E-state index contributed by atoms with van der Waals surface area (Å²) in [6.07, 6.45) is -4.37. The molecule has 10 heteroatoms. The molecule has 0 radical (unpaired) electrons. The van der Waals surface area contributed by atoms with E-state index in [0.717, 1.165) is 22.3 Å². The second-order valence-corrected chi connectivity index (χ2v) is 9.80. The number of rotatable bonds is 6. The molecule has 2 atom stereocenters. The topological polar surface area (TPSA) is 65.9 Å². The number of halogens is 3. The number of benzene rings is 2. The average molecular weight is 494 g/mol. The highest BCUT2D eigenvalue weighted by Gasteiger charge is 2.33. The third-order valence-electron chi connectivity index (χ3n) is 5.91. The van der Waals surface area contributed by atoms with Crippen molar-refractivity contribution in [3.63, 3.8) is 0 Å². The number of alkyl halides is 3. The summed E-state index contributed by atoms with van der Waals surface area (Å²) in [6.45, 7) is 7.87. The van der Waals surface area contributed by atoms with Gasteiger partial charge in [0, 0.05) is 31.7 Å². The second-order valence-electron chi connectivity index (χ2n) is 8.79. The molecule has 2 heterocycles. The van der Waals surface area contributed by atoms with Gasteiger partial charge in [-0.05, 0) is 62.2 Å². The highest BCUT2D eigenvalue weighted by molar-refractivity contribution is 7.22. The standard InChI is InChI=1S/C24H26F3N3O3S/c1-14-6-17(8-19(7-14)33-13-22(31)32)12-30-15(2)10-29(11-16(30)3)23-28-20-5-4-18(24(25,26)27)9-21(20)34-23/h4-9,15-16H,10-13H2,1-3H3,(H,31,32). The minimum Gasteiger partial charge on any atom is -0.482 e. The predicted molar refractivity (Wildman–Crippen MR) is 126 cm³/mol. The van der Waals surface area contributed by atoms with Crippen LogP contribution in [-0.2, 0) is 17.5 Å². The van der Waals surface area contributed by atoms with Crippen LogP contribution in [0.4, 0.5) is 18.3 Å². The van der Waals surface area contributed by atoms with Gasteiger partial charge in [0.2, 0.25) is 0 Å². The van der Waals surface area contributed by atoms with Crippen molar-refractivity contribution in [2.75, 3.05) is 24.6 Å². The lowest BCUT2D eigenvalue weighted by Crippen LogP contribution is -2.56. The molecule has 4 rings (SSSR count). The van der Waals surface area contributed by atoms with Crippen molar-refractivity contribution >= 4 is 32.7 Å². The van der Waals surface area contributed by atoms with Gasteiger partial charge in [-0.1, -0.05) is 17.4 Å². The van der Waals surface area contributed by atoms with Gasteiger partial charge in [0.1, 0.15) is 5.75 Å². The van der Waals surface area contributed by atoms with E-state index in [2.05, 4.69) is 34.7 Å². The number of thiazole rings is 1. The lowest BCUT2D eigenvalue weighted by molar-refractivity contribution is -0.139. The zero-order valence-corrected chi connectivity index (χ0v) is 19.9. The molecule has 1 aliphatic rings. The monoisotopic (exact) mass is 493 g/mol. The number of carboxylic acid groups (broad SMARTS) is 1. The summed E-state index contributed by atoms with van der Waals surface area (Å²) in [6, 6.07) is 9.76. The summed E-state index contributed by atoms with van der Waals surface area (Å²) in [5, 5.41) is 9.60. The summed E-state index contributed by atoms with van der Waals surface area (Å²) >= 11 is 1.29. The number of aromatic nitrogens is 1. The number of aryl methyl sites for hydroxylation is 1. The van der Waals surface area contributed by atoms with Crippen LogP contribution in [0.2, 0.25) is 0 Å². The molecule has 182 valence electrons. The number of piperazine rings is 1. The Morgan fingerprint density at radius 3 is 2.53 bits per heavy atom. The fraction of sp³-hybridized carbons (Fsp3) is 0.417. The summed E-state index contributed by atoms with van der Waals surface area (Å²) in [5.41, 5.74) is 1.94. The van der Waals surface area contributed by atoms with Crippen LogP contribution in [0, 0.1) is 6.92 Å². The van der Waals surface area contributed by atoms with Gasteiger partial charge in [0.15, 0.2) is 11.7 Å². The molecule has 6 nitrogen and oxygen atoms in total. The number of aliphatic carboxylic acids is 1.